The monoisotopic (exact) mass is 447 g/mol. The van der Waals surface area contributed by atoms with E-state index in [-0.39, 0.29) is 12.4 Å². The van der Waals surface area contributed by atoms with Gasteiger partial charge in [-0.25, -0.2) is 9.97 Å². The van der Waals surface area contributed by atoms with Crippen molar-refractivity contribution < 1.29 is 4.74 Å². The largest absolute Gasteiger partial charge is 0.497 e. The molecule has 0 unspecified atom stereocenters. The van der Waals surface area contributed by atoms with Crippen molar-refractivity contribution in [2.24, 2.45) is 0 Å². The van der Waals surface area contributed by atoms with Gasteiger partial charge >= 0.3 is 0 Å². The highest BCUT2D eigenvalue weighted by Crippen LogP contribution is 2.37. The fourth-order valence-corrected chi connectivity index (χ4v) is 3.80. The number of anilines is 2. The summed E-state index contributed by atoms with van der Waals surface area (Å²) >= 11 is 5.11. The second kappa shape index (κ2) is 8.03. The highest BCUT2D eigenvalue weighted by molar-refractivity contribution is 9.10. The highest BCUT2D eigenvalue weighted by Gasteiger charge is 2.13. The lowest BCUT2D eigenvalue weighted by Gasteiger charge is -2.09. The molecule has 0 fully saturated rings. The minimum absolute atomic E-state index is 0. The van der Waals surface area contributed by atoms with Crippen LogP contribution < -0.4 is 10.1 Å². The lowest BCUT2D eigenvalue weighted by atomic mass is 10.1. The minimum Gasteiger partial charge on any atom is -0.497 e. The molecule has 1 N–H and O–H groups in total. The van der Waals surface area contributed by atoms with Crippen LogP contribution >= 0.6 is 39.7 Å². The Kier molecular flexibility index (Phi) is 5.76. The number of thiophene rings is 1. The van der Waals surface area contributed by atoms with E-state index in [1.807, 2.05) is 36.4 Å². The van der Waals surface area contributed by atoms with Crippen LogP contribution in [-0.4, -0.2) is 17.1 Å². The van der Waals surface area contributed by atoms with Crippen LogP contribution in [0.25, 0.3) is 21.3 Å². The van der Waals surface area contributed by atoms with Crippen molar-refractivity contribution in [3.63, 3.8) is 0 Å². The van der Waals surface area contributed by atoms with Gasteiger partial charge in [0.2, 0.25) is 0 Å². The molecule has 7 heteroatoms. The van der Waals surface area contributed by atoms with Gasteiger partial charge in [0.15, 0.2) is 0 Å². The van der Waals surface area contributed by atoms with E-state index in [4.69, 9.17) is 4.74 Å². The van der Waals surface area contributed by atoms with E-state index in [0.29, 0.717) is 0 Å². The molecule has 4 aromatic rings. The number of rotatable bonds is 4. The topological polar surface area (TPSA) is 47.0 Å². The van der Waals surface area contributed by atoms with Gasteiger partial charge in [0, 0.05) is 21.1 Å². The summed E-state index contributed by atoms with van der Waals surface area (Å²) in [5, 5.41) is 6.56. The smallest absolute Gasteiger partial charge is 0.143 e. The zero-order valence-corrected chi connectivity index (χ0v) is 17.0. The molecule has 0 radical (unpaired) electrons. The van der Waals surface area contributed by atoms with E-state index in [9.17, 15) is 0 Å². The molecule has 2 heterocycles. The Balaban J connectivity index is 0.00000196. The van der Waals surface area contributed by atoms with Crippen molar-refractivity contribution in [1.82, 2.24) is 9.97 Å². The lowest BCUT2D eigenvalue weighted by Crippen LogP contribution is -1.95. The third-order valence-corrected chi connectivity index (χ3v) is 5.29. The number of nitrogens with one attached hydrogen (secondary N) is 1. The Labute approximate surface area is 169 Å². The Morgan fingerprint density at radius 1 is 1.00 bits per heavy atom. The van der Waals surface area contributed by atoms with Crippen LogP contribution in [0.15, 0.2) is 64.7 Å². The zero-order chi connectivity index (χ0) is 17.2. The number of benzene rings is 2. The molecule has 0 aliphatic rings. The van der Waals surface area contributed by atoms with Crippen molar-refractivity contribution in [3.8, 4) is 16.9 Å². The van der Waals surface area contributed by atoms with E-state index in [1.165, 1.54) is 0 Å². The summed E-state index contributed by atoms with van der Waals surface area (Å²) in [6, 6.07) is 16.1. The molecule has 0 saturated heterocycles. The predicted octanol–water partition coefficient (Wildman–Crippen LogP) is 6.29. The summed E-state index contributed by atoms with van der Waals surface area (Å²) in [6.07, 6.45) is 1.59. The second-order valence-corrected chi connectivity index (χ2v) is 7.19. The molecule has 0 spiro atoms. The fourth-order valence-electron chi connectivity index (χ4n) is 2.62. The summed E-state index contributed by atoms with van der Waals surface area (Å²) in [6.45, 7) is 0. The van der Waals surface area contributed by atoms with Crippen molar-refractivity contribution in [2.45, 2.75) is 0 Å². The summed E-state index contributed by atoms with van der Waals surface area (Å²) in [5.74, 6) is 1.62. The van der Waals surface area contributed by atoms with Crippen molar-refractivity contribution in [3.05, 3.63) is 64.7 Å². The first kappa shape index (κ1) is 18.6. The van der Waals surface area contributed by atoms with Gasteiger partial charge in [-0.3, -0.25) is 0 Å². The number of halogens is 2. The van der Waals surface area contributed by atoms with Gasteiger partial charge in [0.05, 0.1) is 12.5 Å². The number of methoxy groups -OCH3 is 1. The predicted molar refractivity (Wildman–Crippen MR) is 114 cm³/mol. The molecule has 0 aliphatic carbocycles. The lowest BCUT2D eigenvalue weighted by molar-refractivity contribution is 0.415. The standard InChI is InChI=1S/C19H14BrN3OS.ClH/c1-24-15-8-6-14(7-9-15)23-18-17-16(10-25-19(17)22-11-21-18)12-2-4-13(20)5-3-12;/h2-11H,1H3,(H,21,22,23);1H. The van der Waals surface area contributed by atoms with E-state index in [0.717, 1.165) is 43.1 Å². The minimum atomic E-state index is 0. The second-order valence-electron chi connectivity index (χ2n) is 5.41. The van der Waals surface area contributed by atoms with Crippen LogP contribution in [0.1, 0.15) is 0 Å². The fraction of sp³-hybridized carbons (Fsp3) is 0.0526. The number of ether oxygens (including phenoxy) is 1. The molecule has 0 bridgehead atoms. The van der Waals surface area contributed by atoms with Crippen molar-refractivity contribution in [2.75, 3.05) is 12.4 Å². The molecule has 0 saturated carbocycles. The Morgan fingerprint density at radius 2 is 1.73 bits per heavy atom. The maximum atomic E-state index is 5.21. The van der Waals surface area contributed by atoms with E-state index < -0.39 is 0 Å². The first-order valence-electron chi connectivity index (χ1n) is 7.64. The Bertz CT molecular complexity index is 1020. The van der Waals surface area contributed by atoms with E-state index in [1.54, 1.807) is 24.8 Å². The van der Waals surface area contributed by atoms with Gasteiger partial charge in [-0.05, 0) is 42.0 Å². The highest BCUT2D eigenvalue weighted by atomic mass is 79.9. The number of aromatic nitrogens is 2. The van der Waals surface area contributed by atoms with Crippen LogP contribution in [-0.2, 0) is 0 Å². The van der Waals surface area contributed by atoms with Gasteiger partial charge in [-0.1, -0.05) is 28.1 Å². The molecule has 0 atom stereocenters. The number of fused-ring (bicyclic) bond motifs is 1. The van der Waals surface area contributed by atoms with E-state index in [2.05, 4.69) is 48.7 Å². The first-order chi connectivity index (χ1) is 12.2. The average molecular weight is 449 g/mol. The van der Waals surface area contributed by atoms with Gasteiger partial charge < -0.3 is 10.1 Å². The van der Waals surface area contributed by atoms with E-state index >= 15 is 0 Å². The van der Waals surface area contributed by atoms with Gasteiger partial charge in [0.1, 0.15) is 22.7 Å². The molecular formula is C19H15BrClN3OS. The van der Waals surface area contributed by atoms with Gasteiger partial charge in [0.25, 0.3) is 0 Å². The van der Waals surface area contributed by atoms with Crippen molar-refractivity contribution >= 4 is 61.4 Å². The summed E-state index contributed by atoms with van der Waals surface area (Å²) in [4.78, 5) is 9.84. The Hall–Kier alpha value is -2.15. The molecule has 2 aromatic heterocycles. The third kappa shape index (κ3) is 3.67. The SMILES string of the molecule is COc1ccc(Nc2ncnc3scc(-c4ccc(Br)cc4)c23)cc1.Cl. The molecule has 132 valence electrons. The molecule has 4 nitrogen and oxygen atoms in total. The molecule has 2 aromatic carbocycles. The van der Waals surface area contributed by atoms with Crippen LogP contribution in [0.5, 0.6) is 5.75 Å². The maximum Gasteiger partial charge on any atom is 0.143 e. The third-order valence-electron chi connectivity index (χ3n) is 3.88. The summed E-state index contributed by atoms with van der Waals surface area (Å²) in [7, 11) is 1.66. The maximum absolute atomic E-state index is 5.21. The Morgan fingerprint density at radius 3 is 2.42 bits per heavy atom. The summed E-state index contributed by atoms with van der Waals surface area (Å²) < 4.78 is 6.27. The quantitative estimate of drug-likeness (QED) is 0.398. The van der Waals surface area contributed by atoms with Crippen LogP contribution in [0.3, 0.4) is 0 Å². The average Bonchev–Trinajstić information content (AvgIpc) is 3.08. The molecule has 4 rings (SSSR count). The normalized spacial score (nSPS) is 10.4. The van der Waals surface area contributed by atoms with Crippen LogP contribution in [0.4, 0.5) is 11.5 Å². The molecule has 0 aliphatic heterocycles. The molecule has 0 amide bonds. The van der Waals surface area contributed by atoms with Gasteiger partial charge in [-0.15, -0.1) is 23.7 Å². The van der Waals surface area contributed by atoms with Gasteiger partial charge in [-0.2, -0.15) is 0 Å². The van der Waals surface area contributed by atoms with Crippen LogP contribution in [0.2, 0.25) is 0 Å². The van der Waals surface area contributed by atoms with Crippen LogP contribution in [0, 0.1) is 0 Å². The molecule has 26 heavy (non-hydrogen) atoms. The zero-order valence-electron chi connectivity index (χ0n) is 13.8. The number of nitrogens with zero attached hydrogens (tertiary/aromatic N) is 2. The first-order valence-corrected chi connectivity index (χ1v) is 9.31. The number of hydrogen-bond acceptors (Lipinski definition) is 5. The molecular weight excluding hydrogens is 434 g/mol. The number of hydrogen-bond donors (Lipinski definition) is 1. The van der Waals surface area contributed by atoms with Crippen molar-refractivity contribution in [1.29, 1.82) is 0 Å². The summed E-state index contributed by atoms with van der Waals surface area (Å²) in [5.41, 5.74) is 3.22.